The molecule has 2 aromatic carbocycles. The molecule has 3 N–H and O–H groups in total. The van der Waals surface area contributed by atoms with Gasteiger partial charge < -0.3 is 20.2 Å². The van der Waals surface area contributed by atoms with E-state index in [-0.39, 0.29) is 5.56 Å². The molecular weight excluding hydrogens is 418 g/mol. The number of rotatable bonds is 3. The lowest BCUT2D eigenvalue weighted by Crippen LogP contribution is -2.21. The zero-order chi connectivity index (χ0) is 23.4. The van der Waals surface area contributed by atoms with Gasteiger partial charge in [0.05, 0.1) is 11.6 Å². The molecule has 0 bridgehead atoms. The molecular formula is C25H24N5O3+. The Hall–Kier alpha value is -4.04. The summed E-state index contributed by atoms with van der Waals surface area (Å²) in [6.45, 7) is 0. The zero-order valence-electron chi connectivity index (χ0n) is 18.8. The molecule has 0 radical (unpaired) electrons. The lowest BCUT2D eigenvalue weighted by atomic mass is 9.88. The third kappa shape index (κ3) is 3.27. The van der Waals surface area contributed by atoms with Crippen LogP contribution in [0, 0.1) is 0 Å². The second-order valence-corrected chi connectivity index (χ2v) is 8.52. The van der Waals surface area contributed by atoms with E-state index in [0.717, 1.165) is 27.6 Å². The smallest absolute Gasteiger partial charge is 0.338 e. The maximum Gasteiger partial charge on any atom is 0.338 e. The molecule has 8 nitrogen and oxygen atoms in total. The van der Waals surface area contributed by atoms with Crippen LogP contribution < -0.4 is 20.6 Å². The van der Waals surface area contributed by atoms with Crippen LogP contribution in [-0.2, 0) is 0 Å². The summed E-state index contributed by atoms with van der Waals surface area (Å²) in [6.07, 6.45) is -0.656. The summed E-state index contributed by atoms with van der Waals surface area (Å²) >= 11 is 0. The van der Waals surface area contributed by atoms with E-state index < -0.39 is 12.1 Å². The number of carbonyl (C=O) groups is 1. The van der Waals surface area contributed by atoms with E-state index in [4.69, 9.17) is 10.2 Å². The summed E-state index contributed by atoms with van der Waals surface area (Å²) in [5.41, 5.74) is 10.8. The highest BCUT2D eigenvalue weighted by Crippen LogP contribution is 2.46. The highest BCUT2D eigenvalue weighted by Gasteiger charge is 2.29. The lowest BCUT2D eigenvalue weighted by Gasteiger charge is -2.19. The van der Waals surface area contributed by atoms with Crippen LogP contribution in [0.1, 0.15) is 22.1 Å². The van der Waals surface area contributed by atoms with Gasteiger partial charge in [-0.3, -0.25) is 0 Å². The number of nitrogens with two attached hydrogens (primary N) is 1. The van der Waals surface area contributed by atoms with Crippen molar-refractivity contribution in [2.24, 2.45) is 16.0 Å². The average molecular weight is 442 g/mol. The van der Waals surface area contributed by atoms with Gasteiger partial charge in [0, 0.05) is 54.0 Å². The second-order valence-electron chi connectivity index (χ2n) is 8.52. The number of hydrogen-bond donors (Lipinski definition) is 2. The van der Waals surface area contributed by atoms with E-state index >= 15 is 0 Å². The number of aromatic carboxylic acids is 1. The van der Waals surface area contributed by atoms with E-state index in [9.17, 15) is 9.90 Å². The predicted octanol–water partition coefficient (Wildman–Crippen LogP) is 4.06. The Bertz CT molecular complexity index is 1510. The molecule has 166 valence electrons. The maximum atomic E-state index is 12.4. The molecule has 0 saturated carbocycles. The van der Waals surface area contributed by atoms with Gasteiger partial charge in [0.2, 0.25) is 5.36 Å². The fourth-order valence-electron chi connectivity index (χ4n) is 4.27. The fourth-order valence-corrected chi connectivity index (χ4v) is 4.27. The van der Waals surface area contributed by atoms with Crippen LogP contribution in [-0.4, -0.2) is 39.3 Å². The van der Waals surface area contributed by atoms with Gasteiger partial charge in [-0.15, -0.1) is 0 Å². The van der Waals surface area contributed by atoms with Crippen LogP contribution in [0.5, 0.6) is 0 Å². The molecule has 0 saturated heterocycles. The maximum absolute atomic E-state index is 12.4. The number of benzene rings is 3. The minimum absolute atomic E-state index is 0.0892. The van der Waals surface area contributed by atoms with Gasteiger partial charge in [-0.1, -0.05) is 12.1 Å². The van der Waals surface area contributed by atoms with Crippen molar-refractivity contribution in [2.45, 2.75) is 6.17 Å². The molecule has 1 aliphatic carbocycles. The Balaban J connectivity index is 1.95. The first-order valence-electron chi connectivity index (χ1n) is 10.5. The molecule has 0 fully saturated rings. The van der Waals surface area contributed by atoms with E-state index in [1.54, 1.807) is 6.07 Å². The van der Waals surface area contributed by atoms with Crippen molar-refractivity contribution in [3.05, 3.63) is 65.0 Å². The lowest BCUT2D eigenvalue weighted by molar-refractivity contribution is 0.0698. The van der Waals surface area contributed by atoms with E-state index in [0.29, 0.717) is 28.2 Å². The Labute approximate surface area is 190 Å². The monoisotopic (exact) mass is 442 g/mol. The first kappa shape index (κ1) is 20.8. The number of nitrogens with zero attached hydrogens (tertiary/aromatic N) is 4. The summed E-state index contributed by atoms with van der Waals surface area (Å²) in [4.78, 5) is 14.4. The molecule has 0 aromatic heterocycles. The number of hydrogen-bond acceptors (Lipinski definition) is 6. The van der Waals surface area contributed by atoms with Gasteiger partial charge in [-0.05, 0) is 23.8 Å². The standard InChI is InChI=1S/C25H23N5O3/c1-29(2)13-5-7-15-19(11-13)33-20-12-14(30(3)4)6-8-16(20)21(15)17-9-10-18-23(22(17)25(31)32)27-28-24(18)26/h5-12,24H,26H2,1-4H3/p+1. The van der Waals surface area contributed by atoms with Gasteiger partial charge >= 0.3 is 5.97 Å². The van der Waals surface area contributed by atoms with Gasteiger partial charge in [0.1, 0.15) is 37.3 Å². The van der Waals surface area contributed by atoms with Crippen molar-refractivity contribution in [1.29, 1.82) is 0 Å². The molecule has 0 spiro atoms. The van der Waals surface area contributed by atoms with Crippen LogP contribution in [0.15, 0.2) is 63.2 Å². The van der Waals surface area contributed by atoms with E-state index in [1.807, 2.05) is 80.1 Å². The first-order valence-corrected chi connectivity index (χ1v) is 10.5. The molecule has 1 atom stereocenters. The topological polar surface area (TPSA) is 107 Å². The summed E-state index contributed by atoms with van der Waals surface area (Å²) in [7, 11) is 7.85. The number of carboxylic acids is 1. The summed E-state index contributed by atoms with van der Waals surface area (Å²) in [6, 6.07) is 15.5. The molecule has 2 aromatic rings. The van der Waals surface area contributed by atoms with Crippen molar-refractivity contribution in [2.75, 3.05) is 33.1 Å². The Morgan fingerprint density at radius 1 is 1.09 bits per heavy atom. The van der Waals surface area contributed by atoms with Crippen LogP contribution >= 0.6 is 0 Å². The highest BCUT2D eigenvalue weighted by atomic mass is 16.4. The molecule has 0 amide bonds. The molecule has 5 rings (SSSR count). The molecule has 2 heterocycles. The van der Waals surface area contributed by atoms with Gasteiger partial charge in [0.25, 0.3) is 0 Å². The number of anilines is 1. The number of azo groups is 1. The van der Waals surface area contributed by atoms with E-state index in [1.165, 1.54) is 0 Å². The van der Waals surface area contributed by atoms with Crippen molar-refractivity contribution in [1.82, 2.24) is 4.58 Å². The van der Waals surface area contributed by atoms with Crippen LogP contribution in [0.4, 0.5) is 11.4 Å². The predicted molar refractivity (Wildman–Crippen MR) is 128 cm³/mol. The minimum atomic E-state index is -1.08. The largest absolute Gasteiger partial charge is 0.478 e. The van der Waals surface area contributed by atoms with Gasteiger partial charge in [-0.25, -0.2) is 9.37 Å². The Kier molecular flexibility index (Phi) is 4.75. The van der Waals surface area contributed by atoms with Crippen molar-refractivity contribution >= 4 is 28.3 Å². The quantitative estimate of drug-likeness (QED) is 0.368. The third-order valence-corrected chi connectivity index (χ3v) is 6.01. The summed E-state index contributed by atoms with van der Waals surface area (Å²) in [5.74, 6) is -0.415. The van der Waals surface area contributed by atoms with Gasteiger partial charge in [0.15, 0.2) is 0 Å². The van der Waals surface area contributed by atoms with Crippen LogP contribution in [0.2, 0.25) is 0 Å². The SMILES string of the molecule is CN(C)c1ccc2c(-c3ccc4c(c3C(=O)O)N=NC4N)c3ccc(=[N+](C)C)cc-3oc2c1. The fraction of sp³-hybridized carbons (Fsp3) is 0.200. The Morgan fingerprint density at radius 2 is 1.85 bits per heavy atom. The van der Waals surface area contributed by atoms with E-state index in [2.05, 4.69) is 10.2 Å². The first-order chi connectivity index (χ1) is 15.8. The number of fused-ring (bicyclic) bond motifs is 3. The average Bonchev–Trinajstić information content (AvgIpc) is 3.16. The Morgan fingerprint density at radius 3 is 2.55 bits per heavy atom. The van der Waals surface area contributed by atoms with Crippen molar-refractivity contribution < 1.29 is 14.3 Å². The molecule has 2 aliphatic heterocycles. The minimum Gasteiger partial charge on any atom is -0.478 e. The van der Waals surface area contributed by atoms with Gasteiger partial charge in [-0.2, -0.15) is 10.2 Å². The van der Waals surface area contributed by atoms with Crippen LogP contribution in [0.3, 0.4) is 0 Å². The summed E-state index contributed by atoms with van der Waals surface area (Å²) < 4.78 is 8.33. The molecule has 33 heavy (non-hydrogen) atoms. The van der Waals surface area contributed by atoms with Crippen molar-refractivity contribution in [3.8, 4) is 22.5 Å². The summed E-state index contributed by atoms with van der Waals surface area (Å²) in [5, 5.41) is 20.1. The molecule has 1 unspecified atom stereocenters. The third-order valence-electron chi connectivity index (χ3n) is 6.01. The number of carboxylic acid groups (broad SMARTS) is 1. The van der Waals surface area contributed by atoms with Crippen LogP contribution in [0.25, 0.3) is 33.4 Å². The van der Waals surface area contributed by atoms with Crippen molar-refractivity contribution in [3.63, 3.8) is 0 Å². The molecule has 8 heteroatoms. The highest BCUT2D eigenvalue weighted by molar-refractivity contribution is 6.10. The zero-order valence-corrected chi connectivity index (χ0v) is 18.8. The molecule has 3 aliphatic rings. The second kappa shape index (κ2) is 7.53. The normalized spacial score (nSPS) is 14.6.